The molecule has 0 aliphatic carbocycles. The predicted octanol–water partition coefficient (Wildman–Crippen LogP) is -0.284. The van der Waals surface area contributed by atoms with Gasteiger partial charge in [-0.15, -0.1) is 0 Å². The third kappa shape index (κ3) is 1.06. The van der Waals surface area contributed by atoms with E-state index in [-0.39, 0.29) is 12.0 Å². The van der Waals surface area contributed by atoms with Gasteiger partial charge in [0.25, 0.3) is 0 Å². The first-order valence-corrected chi connectivity index (χ1v) is 3.71. The second kappa shape index (κ2) is 2.17. The van der Waals surface area contributed by atoms with Gasteiger partial charge in [0, 0.05) is 5.41 Å². The lowest BCUT2D eigenvalue weighted by atomic mass is 9.92. The smallest absolute Gasteiger partial charge is 0.307 e. The van der Waals surface area contributed by atoms with Crippen LogP contribution in [0.1, 0.15) is 6.92 Å². The van der Waals surface area contributed by atoms with Crippen molar-refractivity contribution in [2.45, 2.75) is 12.9 Å². The van der Waals surface area contributed by atoms with Crippen LogP contribution in [0.3, 0.4) is 0 Å². The van der Waals surface area contributed by atoms with E-state index in [2.05, 4.69) is 0 Å². The first-order chi connectivity index (χ1) is 5.18. The molecule has 0 aromatic rings. The fraction of sp³-hybridized carbons (Fsp3) is 1.00. The molecule has 0 spiro atoms. The van der Waals surface area contributed by atoms with Crippen LogP contribution in [0.2, 0.25) is 0 Å². The summed E-state index contributed by atoms with van der Waals surface area (Å²) in [6.45, 7) is 3.62. The van der Waals surface area contributed by atoms with E-state index in [1.807, 2.05) is 6.92 Å². The Labute approximate surface area is 65.1 Å². The largest absolute Gasteiger partial charge is 0.388 e. The van der Waals surface area contributed by atoms with Crippen LogP contribution in [-0.4, -0.2) is 37.5 Å². The summed E-state index contributed by atoms with van der Waals surface area (Å²) in [5.74, 6) is -1.14. The SMILES string of the molecule is CC12COC(CO)(OC1)OC2. The number of rotatable bonds is 1. The lowest BCUT2D eigenvalue weighted by Crippen LogP contribution is -2.60. The molecule has 0 aromatic heterocycles. The van der Waals surface area contributed by atoms with E-state index in [4.69, 9.17) is 19.3 Å². The highest BCUT2D eigenvalue weighted by Crippen LogP contribution is 2.37. The van der Waals surface area contributed by atoms with Gasteiger partial charge in [0.1, 0.15) is 6.61 Å². The van der Waals surface area contributed by atoms with Crippen molar-refractivity contribution in [1.29, 1.82) is 0 Å². The Morgan fingerprint density at radius 2 is 1.64 bits per heavy atom. The topological polar surface area (TPSA) is 47.9 Å². The van der Waals surface area contributed by atoms with Gasteiger partial charge in [0.05, 0.1) is 19.8 Å². The van der Waals surface area contributed by atoms with Crippen molar-refractivity contribution in [3.05, 3.63) is 0 Å². The summed E-state index contributed by atoms with van der Waals surface area (Å²) in [7, 11) is 0. The molecule has 11 heavy (non-hydrogen) atoms. The maximum absolute atomic E-state index is 8.88. The van der Waals surface area contributed by atoms with Crippen LogP contribution in [0, 0.1) is 5.41 Å². The minimum atomic E-state index is -1.14. The first-order valence-electron chi connectivity index (χ1n) is 3.71. The van der Waals surface area contributed by atoms with Crippen LogP contribution in [0.25, 0.3) is 0 Å². The first kappa shape index (κ1) is 7.49. The van der Waals surface area contributed by atoms with Gasteiger partial charge >= 0.3 is 5.97 Å². The fourth-order valence-corrected chi connectivity index (χ4v) is 1.24. The number of ether oxygens (including phenoxy) is 3. The Morgan fingerprint density at radius 1 is 1.18 bits per heavy atom. The molecule has 3 rings (SSSR count). The van der Waals surface area contributed by atoms with Gasteiger partial charge in [-0.05, 0) is 0 Å². The molecule has 0 saturated carbocycles. The predicted molar refractivity (Wildman–Crippen MR) is 35.8 cm³/mol. The normalized spacial score (nSPS) is 49.6. The number of hydrogen-bond donors (Lipinski definition) is 1. The van der Waals surface area contributed by atoms with E-state index in [1.165, 1.54) is 0 Å². The Morgan fingerprint density at radius 3 is 2.00 bits per heavy atom. The Balaban J connectivity index is 2.12. The lowest BCUT2D eigenvalue weighted by Gasteiger charge is -2.49. The van der Waals surface area contributed by atoms with E-state index in [9.17, 15) is 0 Å². The quantitative estimate of drug-likeness (QED) is 0.573. The van der Waals surface area contributed by atoms with Gasteiger partial charge in [-0.25, -0.2) is 0 Å². The molecule has 4 heteroatoms. The van der Waals surface area contributed by atoms with Gasteiger partial charge in [0.2, 0.25) is 0 Å². The highest BCUT2D eigenvalue weighted by atomic mass is 16.9. The third-order valence-electron chi connectivity index (χ3n) is 2.12. The molecule has 0 radical (unpaired) electrons. The van der Waals surface area contributed by atoms with Crippen LogP contribution >= 0.6 is 0 Å². The number of fused-ring (bicyclic) bond motifs is 3. The molecule has 3 fully saturated rings. The molecule has 3 saturated heterocycles. The van der Waals surface area contributed by atoms with Gasteiger partial charge in [-0.1, -0.05) is 6.92 Å². The van der Waals surface area contributed by atoms with E-state index in [0.29, 0.717) is 19.8 Å². The van der Waals surface area contributed by atoms with Crippen molar-refractivity contribution >= 4 is 0 Å². The molecule has 3 aliphatic heterocycles. The Kier molecular flexibility index (Phi) is 1.47. The highest BCUT2D eigenvalue weighted by molar-refractivity contribution is 4.84. The van der Waals surface area contributed by atoms with Gasteiger partial charge in [-0.2, -0.15) is 0 Å². The minimum Gasteiger partial charge on any atom is -0.388 e. The van der Waals surface area contributed by atoms with Crippen molar-refractivity contribution in [1.82, 2.24) is 0 Å². The van der Waals surface area contributed by atoms with E-state index >= 15 is 0 Å². The van der Waals surface area contributed by atoms with Crippen LogP contribution in [0.4, 0.5) is 0 Å². The molecule has 0 amide bonds. The van der Waals surface area contributed by atoms with Crippen LogP contribution in [0.15, 0.2) is 0 Å². The summed E-state index contributed by atoms with van der Waals surface area (Å²) in [4.78, 5) is 0. The molecule has 1 N–H and O–H groups in total. The molecule has 64 valence electrons. The molecule has 2 bridgehead atoms. The van der Waals surface area contributed by atoms with Crippen LogP contribution in [-0.2, 0) is 14.2 Å². The molecular formula is C7H12O4. The molecule has 3 heterocycles. The lowest BCUT2D eigenvalue weighted by molar-refractivity contribution is -0.472. The zero-order chi connectivity index (χ0) is 7.95. The summed E-state index contributed by atoms with van der Waals surface area (Å²) >= 11 is 0. The number of hydrogen-bond acceptors (Lipinski definition) is 4. The molecule has 0 atom stereocenters. The van der Waals surface area contributed by atoms with E-state index in [1.54, 1.807) is 0 Å². The number of aliphatic hydroxyl groups is 1. The van der Waals surface area contributed by atoms with Crippen molar-refractivity contribution in [2.24, 2.45) is 5.41 Å². The summed E-state index contributed by atoms with van der Waals surface area (Å²) in [6, 6.07) is 0. The second-order valence-corrected chi connectivity index (χ2v) is 3.52. The zero-order valence-corrected chi connectivity index (χ0v) is 6.50. The highest BCUT2D eigenvalue weighted by Gasteiger charge is 2.49. The average Bonchev–Trinajstić information content (AvgIpc) is 2.07. The van der Waals surface area contributed by atoms with E-state index < -0.39 is 5.97 Å². The summed E-state index contributed by atoms with van der Waals surface area (Å²) in [5.41, 5.74) is -0.0169. The van der Waals surface area contributed by atoms with Gasteiger partial charge in [-0.3, -0.25) is 0 Å². The van der Waals surface area contributed by atoms with Gasteiger partial charge < -0.3 is 19.3 Å². The minimum absolute atomic E-state index is 0.0169. The van der Waals surface area contributed by atoms with Crippen molar-refractivity contribution < 1.29 is 19.3 Å². The second-order valence-electron chi connectivity index (χ2n) is 3.52. The molecule has 3 aliphatic rings. The van der Waals surface area contributed by atoms with Crippen LogP contribution < -0.4 is 0 Å². The fourth-order valence-electron chi connectivity index (χ4n) is 1.24. The summed E-state index contributed by atoms with van der Waals surface area (Å²) in [5, 5.41) is 8.88. The van der Waals surface area contributed by atoms with E-state index in [0.717, 1.165) is 0 Å². The summed E-state index contributed by atoms with van der Waals surface area (Å²) in [6.07, 6.45) is 0. The maximum Gasteiger partial charge on any atom is 0.307 e. The monoisotopic (exact) mass is 160 g/mol. The maximum atomic E-state index is 8.88. The third-order valence-corrected chi connectivity index (χ3v) is 2.12. The van der Waals surface area contributed by atoms with Gasteiger partial charge in [0.15, 0.2) is 0 Å². The molecular weight excluding hydrogens is 148 g/mol. The average molecular weight is 160 g/mol. The summed E-state index contributed by atoms with van der Waals surface area (Å²) < 4.78 is 15.7. The van der Waals surface area contributed by atoms with Crippen molar-refractivity contribution in [3.63, 3.8) is 0 Å². The Bertz CT molecular complexity index is 143. The molecule has 0 aromatic carbocycles. The zero-order valence-electron chi connectivity index (χ0n) is 6.50. The molecule has 4 nitrogen and oxygen atoms in total. The Hall–Kier alpha value is -0.160. The van der Waals surface area contributed by atoms with Crippen molar-refractivity contribution in [2.75, 3.05) is 26.4 Å². The number of aliphatic hydroxyl groups excluding tert-OH is 1. The van der Waals surface area contributed by atoms with Crippen molar-refractivity contribution in [3.8, 4) is 0 Å². The standard InChI is InChI=1S/C7H12O4/c1-6-3-9-7(2-8,10-4-6)11-5-6/h8H,2-5H2,1H3. The van der Waals surface area contributed by atoms with Crippen LogP contribution in [0.5, 0.6) is 0 Å². The molecule has 0 unspecified atom stereocenters.